The monoisotopic (exact) mass is 432 g/mol. The second kappa shape index (κ2) is 8.13. The molecule has 3 nitrogen and oxygen atoms in total. The Hall–Kier alpha value is -1.43. The van der Waals surface area contributed by atoms with Crippen LogP contribution in [0.15, 0.2) is 47.4 Å². The van der Waals surface area contributed by atoms with Gasteiger partial charge in [-0.1, -0.05) is 45.0 Å². The Labute approximate surface area is 178 Å². The summed E-state index contributed by atoms with van der Waals surface area (Å²) in [4.78, 5) is 1.21. The van der Waals surface area contributed by atoms with E-state index >= 15 is 0 Å². The fourth-order valence-electron chi connectivity index (χ4n) is 2.77. The van der Waals surface area contributed by atoms with E-state index in [1.807, 2.05) is 11.7 Å². The number of aryl methyl sites for hydroxylation is 1. The Morgan fingerprint density at radius 2 is 1.86 bits per heavy atom. The molecule has 2 aromatic carbocycles. The van der Waals surface area contributed by atoms with Crippen LogP contribution in [0.1, 0.15) is 32.2 Å². The molecule has 150 valence electrons. The van der Waals surface area contributed by atoms with Crippen molar-refractivity contribution in [1.29, 1.82) is 0 Å². The second-order valence-electron chi connectivity index (χ2n) is 8.68. The Bertz CT molecular complexity index is 978. The van der Waals surface area contributed by atoms with Gasteiger partial charge < -0.3 is 4.43 Å². The van der Waals surface area contributed by atoms with Gasteiger partial charge in [-0.2, -0.15) is 5.10 Å². The van der Waals surface area contributed by atoms with Crippen LogP contribution in [0.3, 0.4) is 0 Å². The zero-order chi connectivity index (χ0) is 20.5. The van der Waals surface area contributed by atoms with Crippen LogP contribution in [0.4, 0.5) is 0 Å². The molecule has 0 amide bonds. The van der Waals surface area contributed by atoms with Crippen LogP contribution >= 0.6 is 23.4 Å². The van der Waals surface area contributed by atoms with Gasteiger partial charge in [-0.25, -0.2) is 0 Å². The van der Waals surface area contributed by atoms with E-state index in [2.05, 4.69) is 81.4 Å². The SMILES string of the molecule is Cn1nc(CCl)cc1CSc1cc(O[Si](C)(C)C(C)(C)C)c2ccccc2c1. The molecule has 0 bridgehead atoms. The third kappa shape index (κ3) is 4.58. The van der Waals surface area contributed by atoms with E-state index in [1.54, 1.807) is 11.8 Å². The smallest absolute Gasteiger partial charge is 0.250 e. The van der Waals surface area contributed by atoms with E-state index < -0.39 is 8.32 Å². The zero-order valence-corrected chi connectivity index (χ0v) is 20.1. The van der Waals surface area contributed by atoms with Crippen LogP contribution in [0, 0.1) is 0 Å². The predicted molar refractivity (Wildman–Crippen MR) is 124 cm³/mol. The molecule has 6 heteroatoms. The molecule has 0 fully saturated rings. The van der Waals surface area contributed by atoms with E-state index in [9.17, 15) is 0 Å². The summed E-state index contributed by atoms with van der Waals surface area (Å²) in [7, 11) is 0.0492. The molecule has 0 unspecified atom stereocenters. The first-order valence-corrected chi connectivity index (χ1v) is 14.0. The minimum Gasteiger partial charge on any atom is -0.543 e. The first-order valence-electron chi connectivity index (χ1n) is 9.53. The molecule has 0 spiro atoms. The molecule has 0 atom stereocenters. The lowest BCUT2D eigenvalue weighted by Crippen LogP contribution is -2.43. The third-order valence-electron chi connectivity index (χ3n) is 5.52. The number of nitrogens with zero attached hydrogens (tertiary/aromatic N) is 2. The van der Waals surface area contributed by atoms with E-state index in [-0.39, 0.29) is 5.04 Å². The lowest BCUT2D eigenvalue weighted by molar-refractivity contribution is 0.495. The molecule has 1 heterocycles. The summed E-state index contributed by atoms with van der Waals surface area (Å²) < 4.78 is 8.62. The molecule has 0 aliphatic rings. The van der Waals surface area contributed by atoms with Crippen LogP contribution < -0.4 is 4.43 Å². The lowest BCUT2D eigenvalue weighted by atomic mass is 10.1. The van der Waals surface area contributed by atoms with Crippen molar-refractivity contribution in [2.45, 2.75) is 55.4 Å². The maximum atomic E-state index is 6.71. The number of fused-ring (bicyclic) bond motifs is 1. The number of hydrogen-bond acceptors (Lipinski definition) is 3. The zero-order valence-electron chi connectivity index (χ0n) is 17.5. The molecule has 1 aromatic heterocycles. The normalized spacial score (nSPS) is 12.5. The van der Waals surface area contributed by atoms with Gasteiger partial charge in [-0.05, 0) is 41.7 Å². The summed E-state index contributed by atoms with van der Waals surface area (Å²) in [6.45, 7) is 11.4. The average Bonchev–Trinajstić information content (AvgIpc) is 2.99. The van der Waals surface area contributed by atoms with Crippen molar-refractivity contribution in [2.24, 2.45) is 7.05 Å². The fraction of sp³-hybridized carbons (Fsp3) is 0.409. The number of alkyl halides is 1. The van der Waals surface area contributed by atoms with Crippen LogP contribution in [0.25, 0.3) is 10.8 Å². The van der Waals surface area contributed by atoms with Gasteiger partial charge in [0.25, 0.3) is 8.32 Å². The topological polar surface area (TPSA) is 27.1 Å². The van der Waals surface area contributed by atoms with Gasteiger partial charge in [0.2, 0.25) is 0 Å². The number of hydrogen-bond donors (Lipinski definition) is 0. The predicted octanol–water partition coefficient (Wildman–Crippen LogP) is 6.99. The summed E-state index contributed by atoms with van der Waals surface area (Å²) in [5.41, 5.74) is 2.08. The molecule has 28 heavy (non-hydrogen) atoms. The Morgan fingerprint density at radius 1 is 1.14 bits per heavy atom. The average molecular weight is 433 g/mol. The first-order chi connectivity index (χ1) is 13.1. The minimum absolute atomic E-state index is 0.157. The maximum Gasteiger partial charge on any atom is 0.250 e. The fourth-order valence-corrected chi connectivity index (χ4v) is 4.91. The van der Waals surface area contributed by atoms with Gasteiger partial charge in [-0.3, -0.25) is 4.68 Å². The number of aromatic nitrogens is 2. The molecule has 0 radical (unpaired) electrons. The molecule has 0 aliphatic heterocycles. The van der Waals surface area contributed by atoms with Gasteiger partial charge >= 0.3 is 0 Å². The summed E-state index contributed by atoms with van der Waals surface area (Å²) in [5.74, 6) is 2.29. The highest BCUT2D eigenvalue weighted by atomic mass is 35.5. The Balaban J connectivity index is 1.92. The van der Waals surface area contributed by atoms with E-state index in [1.165, 1.54) is 21.4 Å². The van der Waals surface area contributed by atoms with Gasteiger partial charge in [0, 0.05) is 28.8 Å². The van der Waals surface area contributed by atoms with Crippen LogP contribution in [-0.2, 0) is 18.7 Å². The van der Waals surface area contributed by atoms with Crippen molar-refractivity contribution in [3.8, 4) is 5.75 Å². The van der Waals surface area contributed by atoms with E-state index in [0.717, 1.165) is 17.2 Å². The van der Waals surface area contributed by atoms with Crippen molar-refractivity contribution in [3.05, 3.63) is 53.9 Å². The number of rotatable bonds is 6. The standard InChI is InChI=1S/C22H29ClN2OSSi/c1-22(2,3)28(5,6)26-21-13-19(11-16-9-7-8-10-20(16)21)27-15-18-12-17(14-23)24-25(18)4/h7-13H,14-15H2,1-6H3. The molecular formula is C22H29ClN2OSSi. The Kier molecular flexibility index (Phi) is 6.18. The summed E-state index contributed by atoms with van der Waals surface area (Å²) in [6, 6.07) is 15.0. The third-order valence-corrected chi connectivity index (χ3v) is 11.1. The van der Waals surface area contributed by atoms with Gasteiger partial charge in [0.1, 0.15) is 5.75 Å². The summed E-state index contributed by atoms with van der Waals surface area (Å²) in [5, 5.41) is 6.99. The van der Waals surface area contributed by atoms with E-state index in [0.29, 0.717) is 5.88 Å². The quantitative estimate of drug-likeness (QED) is 0.238. The molecule has 3 rings (SSSR count). The number of benzene rings is 2. The van der Waals surface area contributed by atoms with Crippen LogP contribution in [0.5, 0.6) is 5.75 Å². The van der Waals surface area contributed by atoms with Crippen molar-refractivity contribution in [1.82, 2.24) is 9.78 Å². The van der Waals surface area contributed by atoms with E-state index in [4.69, 9.17) is 16.0 Å². The highest BCUT2D eigenvalue weighted by molar-refractivity contribution is 7.98. The molecule has 0 saturated heterocycles. The molecule has 3 aromatic rings. The van der Waals surface area contributed by atoms with Gasteiger partial charge in [0.15, 0.2) is 0 Å². The first kappa shape index (κ1) is 21.3. The second-order valence-corrected chi connectivity index (χ2v) is 14.7. The van der Waals surface area contributed by atoms with Crippen LogP contribution in [-0.4, -0.2) is 18.1 Å². The number of halogens is 1. The van der Waals surface area contributed by atoms with Crippen LogP contribution in [0.2, 0.25) is 18.1 Å². The molecule has 0 aliphatic carbocycles. The summed E-state index contributed by atoms with van der Waals surface area (Å²) in [6.07, 6.45) is 0. The van der Waals surface area contributed by atoms with Gasteiger partial charge in [0.05, 0.1) is 11.6 Å². The molecule has 0 saturated carbocycles. The highest BCUT2D eigenvalue weighted by Gasteiger charge is 2.39. The summed E-state index contributed by atoms with van der Waals surface area (Å²) >= 11 is 7.72. The maximum absolute atomic E-state index is 6.71. The lowest BCUT2D eigenvalue weighted by Gasteiger charge is -2.37. The number of thioether (sulfide) groups is 1. The van der Waals surface area contributed by atoms with Crippen molar-refractivity contribution < 1.29 is 4.43 Å². The molecule has 0 N–H and O–H groups in total. The van der Waals surface area contributed by atoms with Crippen molar-refractivity contribution in [3.63, 3.8) is 0 Å². The highest BCUT2D eigenvalue weighted by Crippen LogP contribution is 2.41. The Morgan fingerprint density at radius 3 is 2.50 bits per heavy atom. The molecular weight excluding hydrogens is 404 g/mol. The largest absolute Gasteiger partial charge is 0.543 e. The van der Waals surface area contributed by atoms with Crippen molar-refractivity contribution >= 4 is 42.5 Å². The minimum atomic E-state index is -1.92. The van der Waals surface area contributed by atoms with Gasteiger partial charge in [-0.15, -0.1) is 23.4 Å². The van der Waals surface area contributed by atoms with Crippen molar-refractivity contribution in [2.75, 3.05) is 0 Å².